The first-order valence-electron chi connectivity index (χ1n) is 6.78. The summed E-state index contributed by atoms with van der Waals surface area (Å²) in [4.78, 5) is 13.9. The first kappa shape index (κ1) is 15.4. The van der Waals surface area contributed by atoms with Gasteiger partial charge in [-0.25, -0.2) is 0 Å². The average Bonchev–Trinajstić information content (AvgIpc) is 2.91. The molecule has 0 unspecified atom stereocenters. The molecule has 1 N–H and O–H groups in total. The molecule has 3 nitrogen and oxygen atoms in total. The smallest absolute Gasteiger partial charge is 0.375 e. The van der Waals surface area contributed by atoms with Crippen molar-refractivity contribution in [2.24, 2.45) is 0 Å². The van der Waals surface area contributed by atoms with Gasteiger partial charge in [0.1, 0.15) is 0 Å². The number of allylic oxidation sites excluding steroid dienone is 1. The first-order valence-corrected chi connectivity index (χ1v) is 6.78. The van der Waals surface area contributed by atoms with E-state index in [9.17, 15) is 18.0 Å². The summed E-state index contributed by atoms with van der Waals surface area (Å²) in [6, 6.07) is 4.96. The van der Waals surface area contributed by atoms with Gasteiger partial charge in [0.15, 0.2) is 0 Å². The Bertz CT molecular complexity index is 546. The second-order valence-electron chi connectivity index (χ2n) is 5.01. The highest BCUT2D eigenvalue weighted by atomic mass is 19.4. The molecule has 1 aromatic carbocycles. The van der Waals surface area contributed by atoms with Gasteiger partial charge in [-0.3, -0.25) is 4.79 Å². The van der Waals surface area contributed by atoms with Crippen molar-refractivity contribution in [1.82, 2.24) is 4.90 Å². The summed E-state index contributed by atoms with van der Waals surface area (Å²) < 4.78 is 38.5. The minimum absolute atomic E-state index is 0.222. The van der Waals surface area contributed by atoms with Crippen molar-refractivity contribution in [3.05, 3.63) is 41.6 Å². The number of carbonyl (C=O) groups is 1. The van der Waals surface area contributed by atoms with E-state index in [1.807, 2.05) is 0 Å². The van der Waals surface area contributed by atoms with Crippen LogP contribution in [0.5, 0.6) is 0 Å². The number of hydrogen-bond acceptors (Lipinski definition) is 2. The molecule has 0 bridgehead atoms. The second-order valence-corrected chi connectivity index (χ2v) is 5.01. The molecule has 0 radical (unpaired) electrons. The van der Waals surface area contributed by atoms with Crippen molar-refractivity contribution in [1.29, 1.82) is 0 Å². The van der Waals surface area contributed by atoms with Crippen LogP contribution in [0, 0.1) is 0 Å². The standard InChI is InChI=1S/C15H17F3N2O/c1-11(20-8-4-5-9-20)10-14(21)19-13-7-3-2-6-12(13)15(16,17)18/h2-3,6-7,10H,4-5,8-9H2,1H3,(H,19,21)/b11-10-. The average molecular weight is 298 g/mol. The van der Waals surface area contributed by atoms with Crippen LogP contribution in [0.1, 0.15) is 25.3 Å². The summed E-state index contributed by atoms with van der Waals surface area (Å²) in [5.41, 5.74) is -0.291. The lowest BCUT2D eigenvalue weighted by atomic mass is 10.1. The van der Waals surface area contributed by atoms with E-state index in [1.54, 1.807) is 6.92 Å². The van der Waals surface area contributed by atoms with Gasteiger partial charge < -0.3 is 10.2 Å². The van der Waals surface area contributed by atoms with Gasteiger partial charge >= 0.3 is 6.18 Å². The van der Waals surface area contributed by atoms with Gasteiger partial charge in [0, 0.05) is 24.9 Å². The third-order valence-corrected chi connectivity index (χ3v) is 3.44. The minimum Gasteiger partial charge on any atom is -0.375 e. The number of para-hydroxylation sites is 1. The Balaban J connectivity index is 2.11. The Morgan fingerprint density at radius 3 is 2.48 bits per heavy atom. The molecule has 0 saturated carbocycles. The van der Waals surface area contributed by atoms with Crippen molar-refractivity contribution in [2.75, 3.05) is 18.4 Å². The van der Waals surface area contributed by atoms with Crippen LogP contribution in [0.4, 0.5) is 18.9 Å². The number of nitrogens with zero attached hydrogens (tertiary/aromatic N) is 1. The van der Waals surface area contributed by atoms with Gasteiger partial charge in [-0.2, -0.15) is 13.2 Å². The molecule has 1 aliphatic heterocycles. The Labute approximate surface area is 121 Å². The van der Waals surface area contributed by atoms with Gasteiger partial charge in [0.2, 0.25) is 5.91 Å². The molecule has 21 heavy (non-hydrogen) atoms. The molecule has 6 heteroatoms. The van der Waals surface area contributed by atoms with Crippen molar-refractivity contribution < 1.29 is 18.0 Å². The highest BCUT2D eigenvalue weighted by molar-refractivity contribution is 6.00. The maximum Gasteiger partial charge on any atom is 0.418 e. The fourth-order valence-corrected chi connectivity index (χ4v) is 2.36. The third-order valence-electron chi connectivity index (χ3n) is 3.44. The molecule has 1 aliphatic rings. The number of carbonyl (C=O) groups excluding carboxylic acids is 1. The molecule has 1 amide bonds. The maximum atomic E-state index is 12.8. The van der Waals surface area contributed by atoms with Crippen LogP contribution in [-0.2, 0) is 11.0 Å². The van der Waals surface area contributed by atoms with E-state index in [2.05, 4.69) is 10.2 Å². The lowest BCUT2D eigenvalue weighted by molar-refractivity contribution is -0.136. The number of rotatable bonds is 3. The molecular weight excluding hydrogens is 281 g/mol. The highest BCUT2D eigenvalue weighted by Crippen LogP contribution is 2.34. The van der Waals surface area contributed by atoms with Gasteiger partial charge in [0.05, 0.1) is 11.3 Å². The zero-order valence-corrected chi connectivity index (χ0v) is 11.7. The minimum atomic E-state index is -4.49. The van der Waals surface area contributed by atoms with E-state index in [0.717, 1.165) is 37.7 Å². The normalized spacial score (nSPS) is 16.2. The van der Waals surface area contributed by atoms with Gasteiger partial charge in [-0.15, -0.1) is 0 Å². The van der Waals surface area contributed by atoms with E-state index in [4.69, 9.17) is 0 Å². The van der Waals surface area contributed by atoms with Crippen LogP contribution < -0.4 is 5.32 Å². The van der Waals surface area contributed by atoms with Crippen molar-refractivity contribution in [2.45, 2.75) is 25.9 Å². The molecule has 114 valence electrons. The Hall–Kier alpha value is -1.98. The van der Waals surface area contributed by atoms with Crippen molar-refractivity contribution >= 4 is 11.6 Å². The van der Waals surface area contributed by atoms with E-state index in [-0.39, 0.29) is 5.69 Å². The quantitative estimate of drug-likeness (QED) is 0.864. The third kappa shape index (κ3) is 4.00. The second kappa shape index (κ2) is 6.20. The number of alkyl halides is 3. The number of anilines is 1. The molecule has 1 saturated heterocycles. The molecule has 1 aromatic rings. The van der Waals surface area contributed by atoms with Crippen LogP contribution in [0.15, 0.2) is 36.0 Å². The number of hydrogen-bond donors (Lipinski definition) is 1. The molecule has 1 fully saturated rings. The number of benzene rings is 1. The molecule has 0 aromatic heterocycles. The Morgan fingerprint density at radius 1 is 1.24 bits per heavy atom. The fourth-order valence-electron chi connectivity index (χ4n) is 2.36. The summed E-state index contributed by atoms with van der Waals surface area (Å²) in [6.45, 7) is 3.56. The predicted octanol–water partition coefficient (Wildman–Crippen LogP) is 3.64. The molecule has 0 spiro atoms. The SMILES string of the molecule is C/C(=C/C(=O)Nc1ccccc1C(F)(F)F)N1CCCC1. The van der Waals surface area contributed by atoms with E-state index < -0.39 is 17.6 Å². The monoisotopic (exact) mass is 298 g/mol. The zero-order valence-electron chi connectivity index (χ0n) is 11.7. The summed E-state index contributed by atoms with van der Waals surface area (Å²) in [7, 11) is 0. The summed E-state index contributed by atoms with van der Waals surface area (Å²) >= 11 is 0. The summed E-state index contributed by atoms with van der Waals surface area (Å²) in [5.74, 6) is -0.545. The topological polar surface area (TPSA) is 32.3 Å². The maximum absolute atomic E-state index is 12.8. The van der Waals surface area contributed by atoms with Gasteiger partial charge in [-0.05, 0) is 31.9 Å². The van der Waals surface area contributed by atoms with Crippen LogP contribution in [0.3, 0.4) is 0 Å². The van der Waals surface area contributed by atoms with Crippen LogP contribution >= 0.6 is 0 Å². The van der Waals surface area contributed by atoms with Crippen LogP contribution in [0.2, 0.25) is 0 Å². The molecule has 1 heterocycles. The summed E-state index contributed by atoms with van der Waals surface area (Å²) in [6.07, 6.45) is -0.997. The molecular formula is C15H17F3N2O. The van der Waals surface area contributed by atoms with E-state index in [1.165, 1.54) is 24.3 Å². The lowest BCUT2D eigenvalue weighted by Gasteiger charge is -2.18. The predicted molar refractivity (Wildman–Crippen MR) is 74.6 cm³/mol. The van der Waals surface area contributed by atoms with Crippen molar-refractivity contribution in [3.63, 3.8) is 0 Å². The van der Waals surface area contributed by atoms with Gasteiger partial charge in [-0.1, -0.05) is 12.1 Å². The lowest BCUT2D eigenvalue weighted by Crippen LogP contribution is -2.20. The molecule has 0 aliphatic carbocycles. The fraction of sp³-hybridized carbons (Fsp3) is 0.400. The zero-order chi connectivity index (χ0) is 15.5. The Morgan fingerprint density at radius 2 is 1.86 bits per heavy atom. The van der Waals surface area contributed by atoms with E-state index >= 15 is 0 Å². The number of amides is 1. The van der Waals surface area contributed by atoms with Crippen LogP contribution in [-0.4, -0.2) is 23.9 Å². The largest absolute Gasteiger partial charge is 0.418 e. The molecule has 2 rings (SSSR count). The Kier molecular flexibility index (Phi) is 4.55. The number of nitrogens with one attached hydrogen (secondary N) is 1. The molecule has 0 atom stereocenters. The number of halogens is 3. The number of likely N-dealkylation sites (tertiary alicyclic amines) is 1. The van der Waals surface area contributed by atoms with Crippen molar-refractivity contribution in [3.8, 4) is 0 Å². The van der Waals surface area contributed by atoms with Crippen LogP contribution in [0.25, 0.3) is 0 Å². The summed E-state index contributed by atoms with van der Waals surface area (Å²) in [5, 5.41) is 2.31. The van der Waals surface area contributed by atoms with Gasteiger partial charge in [0.25, 0.3) is 0 Å². The first-order chi connectivity index (χ1) is 9.88. The van der Waals surface area contributed by atoms with E-state index in [0.29, 0.717) is 0 Å². The highest BCUT2D eigenvalue weighted by Gasteiger charge is 2.33.